The van der Waals surface area contributed by atoms with E-state index in [0.29, 0.717) is 12.1 Å². The fourth-order valence-electron chi connectivity index (χ4n) is 6.19. The number of methoxy groups -OCH3 is 1. The van der Waals surface area contributed by atoms with Gasteiger partial charge in [0.1, 0.15) is 17.0 Å². The number of carbonyl (C=O) groups excluding carboxylic acids is 1. The molecule has 0 radical (unpaired) electrons. The van der Waals surface area contributed by atoms with E-state index < -0.39 is 5.54 Å². The average Bonchev–Trinajstić information content (AvgIpc) is 3.49. The number of esters is 1. The minimum atomic E-state index is -0.797. The van der Waals surface area contributed by atoms with Gasteiger partial charge in [-0.15, -0.1) is 0 Å². The van der Waals surface area contributed by atoms with Gasteiger partial charge in [-0.1, -0.05) is 37.3 Å². The van der Waals surface area contributed by atoms with Gasteiger partial charge in [0.2, 0.25) is 0 Å². The Balaban J connectivity index is 1.74. The third-order valence-corrected chi connectivity index (χ3v) is 7.96. The zero-order chi connectivity index (χ0) is 27.4. The summed E-state index contributed by atoms with van der Waals surface area (Å²) in [6.45, 7) is 10.6. The molecule has 5 rings (SSSR count). The first kappa shape index (κ1) is 27.2. The van der Waals surface area contributed by atoms with Gasteiger partial charge in [-0.3, -0.25) is 0 Å². The first-order valence-corrected chi connectivity index (χ1v) is 14.2. The van der Waals surface area contributed by atoms with Gasteiger partial charge >= 0.3 is 5.97 Å². The zero-order valence-electron chi connectivity index (χ0n) is 23.6. The molecule has 0 aliphatic carbocycles. The van der Waals surface area contributed by atoms with Crippen molar-refractivity contribution in [1.29, 1.82) is 0 Å². The molecule has 0 bridgehead atoms. The summed E-state index contributed by atoms with van der Waals surface area (Å²) in [5, 5.41) is 3.84. The standard InChI is InChI=1S/C33H40N2O4/c1-5-34-33(26-14-8-7-13-25(26)32(36)37-4)27-16-15-24(12-11-19-38-6-2)21-31(27)39-30-20-23(3)29(22-28(30)33)35-17-9-10-18-35/h7-8,13-16,20-22,34H,5-6,9-12,17-19H2,1-4H3. The van der Waals surface area contributed by atoms with Crippen LogP contribution >= 0.6 is 0 Å². The quantitative estimate of drug-likeness (QED) is 0.244. The highest BCUT2D eigenvalue weighted by molar-refractivity contribution is 5.92. The van der Waals surface area contributed by atoms with E-state index in [1.54, 1.807) is 0 Å². The van der Waals surface area contributed by atoms with Crippen molar-refractivity contribution in [2.75, 3.05) is 44.9 Å². The molecule has 0 amide bonds. The van der Waals surface area contributed by atoms with Gasteiger partial charge in [0.25, 0.3) is 0 Å². The number of hydrogen-bond acceptors (Lipinski definition) is 6. The van der Waals surface area contributed by atoms with Crippen LogP contribution in [0, 0.1) is 6.92 Å². The highest BCUT2D eigenvalue weighted by Gasteiger charge is 2.46. The summed E-state index contributed by atoms with van der Waals surface area (Å²) in [6.07, 6.45) is 4.26. The highest BCUT2D eigenvalue weighted by atomic mass is 16.5. The number of benzene rings is 3. The van der Waals surface area contributed by atoms with Crippen LogP contribution in [-0.4, -0.2) is 45.9 Å². The first-order valence-electron chi connectivity index (χ1n) is 14.2. The number of anilines is 1. The van der Waals surface area contributed by atoms with E-state index in [9.17, 15) is 4.79 Å². The highest BCUT2D eigenvalue weighted by Crippen LogP contribution is 2.53. The molecule has 1 atom stereocenters. The van der Waals surface area contributed by atoms with E-state index in [1.165, 1.54) is 36.8 Å². The molecule has 0 aromatic heterocycles. The maximum atomic E-state index is 13.1. The van der Waals surface area contributed by atoms with E-state index in [0.717, 1.165) is 67.3 Å². The van der Waals surface area contributed by atoms with Crippen molar-refractivity contribution in [2.24, 2.45) is 0 Å². The van der Waals surface area contributed by atoms with Crippen LogP contribution in [0.4, 0.5) is 5.69 Å². The normalized spacial score (nSPS) is 17.9. The minimum absolute atomic E-state index is 0.350. The molecule has 2 aliphatic rings. The number of hydrogen-bond donors (Lipinski definition) is 1. The Morgan fingerprint density at radius 3 is 2.51 bits per heavy atom. The topological polar surface area (TPSA) is 60.0 Å². The van der Waals surface area contributed by atoms with E-state index in [-0.39, 0.29) is 5.97 Å². The second-order valence-corrected chi connectivity index (χ2v) is 10.4. The van der Waals surface area contributed by atoms with Gasteiger partial charge in [0.15, 0.2) is 0 Å². The summed E-state index contributed by atoms with van der Waals surface area (Å²) in [5.41, 5.74) is 6.25. The summed E-state index contributed by atoms with van der Waals surface area (Å²) < 4.78 is 17.5. The molecule has 1 saturated heterocycles. The van der Waals surface area contributed by atoms with Crippen LogP contribution in [0.3, 0.4) is 0 Å². The molecule has 39 heavy (non-hydrogen) atoms. The molecule has 0 spiro atoms. The van der Waals surface area contributed by atoms with E-state index >= 15 is 0 Å². The van der Waals surface area contributed by atoms with Gasteiger partial charge in [-0.25, -0.2) is 4.79 Å². The number of carbonyl (C=O) groups is 1. The Bertz CT molecular complexity index is 1330. The predicted molar refractivity (Wildman–Crippen MR) is 155 cm³/mol. The summed E-state index contributed by atoms with van der Waals surface area (Å²) >= 11 is 0. The Labute approximate surface area is 232 Å². The van der Waals surface area contributed by atoms with Crippen molar-refractivity contribution in [1.82, 2.24) is 5.32 Å². The number of fused-ring (bicyclic) bond motifs is 2. The lowest BCUT2D eigenvalue weighted by Crippen LogP contribution is -2.47. The molecule has 206 valence electrons. The summed E-state index contributed by atoms with van der Waals surface area (Å²) in [6, 6.07) is 18.7. The third-order valence-electron chi connectivity index (χ3n) is 7.96. The molecular weight excluding hydrogens is 488 g/mol. The summed E-state index contributed by atoms with van der Waals surface area (Å²) in [7, 11) is 1.44. The zero-order valence-corrected chi connectivity index (χ0v) is 23.6. The van der Waals surface area contributed by atoms with Crippen LogP contribution in [-0.2, 0) is 21.4 Å². The van der Waals surface area contributed by atoms with E-state index in [1.807, 2.05) is 31.2 Å². The fourth-order valence-corrected chi connectivity index (χ4v) is 6.19. The van der Waals surface area contributed by atoms with Gasteiger partial charge in [0, 0.05) is 43.1 Å². The smallest absolute Gasteiger partial charge is 0.338 e. The minimum Gasteiger partial charge on any atom is -0.465 e. The van der Waals surface area contributed by atoms with Crippen LogP contribution < -0.4 is 15.0 Å². The molecule has 3 aromatic rings. The van der Waals surface area contributed by atoms with Crippen molar-refractivity contribution in [2.45, 2.75) is 52.0 Å². The maximum absolute atomic E-state index is 13.1. The van der Waals surface area contributed by atoms with E-state index in [2.05, 4.69) is 54.4 Å². The number of nitrogens with zero attached hydrogens (tertiary/aromatic N) is 1. The van der Waals surface area contributed by atoms with Crippen LogP contribution in [0.1, 0.15) is 71.3 Å². The Morgan fingerprint density at radius 2 is 1.77 bits per heavy atom. The van der Waals surface area contributed by atoms with Crippen molar-refractivity contribution in [3.8, 4) is 11.5 Å². The lowest BCUT2D eigenvalue weighted by Gasteiger charge is -2.43. The molecule has 3 aromatic carbocycles. The van der Waals surface area contributed by atoms with Crippen LogP contribution in [0.5, 0.6) is 11.5 Å². The first-order chi connectivity index (χ1) is 19.0. The Kier molecular flexibility index (Phi) is 8.24. The molecule has 1 N–H and O–H groups in total. The molecule has 1 unspecified atom stereocenters. The number of nitrogens with one attached hydrogen (secondary N) is 1. The van der Waals surface area contributed by atoms with Crippen LogP contribution in [0.15, 0.2) is 54.6 Å². The number of rotatable bonds is 10. The molecule has 0 saturated carbocycles. The second kappa shape index (κ2) is 11.8. The molecule has 6 nitrogen and oxygen atoms in total. The molecule has 2 heterocycles. The molecule has 1 fully saturated rings. The molecule has 2 aliphatic heterocycles. The van der Waals surface area contributed by atoms with Crippen LogP contribution in [0.2, 0.25) is 0 Å². The monoisotopic (exact) mass is 528 g/mol. The van der Waals surface area contributed by atoms with Gasteiger partial charge in [0.05, 0.1) is 12.7 Å². The van der Waals surface area contributed by atoms with Crippen molar-refractivity contribution in [3.05, 3.63) is 88.0 Å². The number of aryl methyl sites for hydroxylation is 2. The SMILES string of the molecule is CCNC1(c2ccccc2C(=O)OC)c2ccc(CCCOCC)cc2Oc2cc(C)c(N3CCCC3)cc21. The molecular formula is C33H40N2O4. The van der Waals surface area contributed by atoms with Gasteiger partial charge in [-0.05, 0) is 87.0 Å². The van der Waals surface area contributed by atoms with Crippen molar-refractivity contribution in [3.63, 3.8) is 0 Å². The van der Waals surface area contributed by atoms with Gasteiger partial charge < -0.3 is 24.4 Å². The lowest BCUT2D eigenvalue weighted by atomic mass is 9.72. The summed E-state index contributed by atoms with van der Waals surface area (Å²) in [5.74, 6) is 1.28. The Hall–Kier alpha value is -3.35. The maximum Gasteiger partial charge on any atom is 0.338 e. The van der Waals surface area contributed by atoms with Crippen LogP contribution in [0.25, 0.3) is 0 Å². The number of ether oxygens (including phenoxy) is 3. The van der Waals surface area contributed by atoms with Crippen molar-refractivity contribution < 1.29 is 19.0 Å². The lowest BCUT2D eigenvalue weighted by molar-refractivity contribution is 0.0597. The van der Waals surface area contributed by atoms with Crippen molar-refractivity contribution >= 4 is 11.7 Å². The third kappa shape index (κ3) is 5.04. The molecule has 6 heteroatoms. The second-order valence-electron chi connectivity index (χ2n) is 10.4. The fraction of sp³-hybridized carbons (Fsp3) is 0.424. The largest absolute Gasteiger partial charge is 0.465 e. The summed E-state index contributed by atoms with van der Waals surface area (Å²) in [4.78, 5) is 15.6. The average molecular weight is 529 g/mol. The van der Waals surface area contributed by atoms with E-state index in [4.69, 9.17) is 14.2 Å². The Morgan fingerprint density at radius 1 is 1.00 bits per heavy atom. The predicted octanol–water partition coefficient (Wildman–Crippen LogP) is 6.36. The van der Waals surface area contributed by atoms with Gasteiger partial charge in [-0.2, -0.15) is 0 Å².